The zero-order valence-corrected chi connectivity index (χ0v) is 7.89. The Labute approximate surface area is 64.6 Å². The van der Waals surface area contributed by atoms with Crippen LogP contribution in [0.4, 0.5) is 0 Å². The van der Waals surface area contributed by atoms with E-state index < -0.39 is 0 Å². The molecule has 0 nitrogen and oxygen atoms in total. The number of hydrogen-bond donors (Lipinski definition) is 0. The van der Waals surface area contributed by atoms with Crippen molar-refractivity contribution in [2.75, 3.05) is 11.1 Å². The molecule has 0 bridgehead atoms. The van der Waals surface area contributed by atoms with Gasteiger partial charge in [-0.3, -0.25) is 0 Å². The van der Waals surface area contributed by atoms with Gasteiger partial charge in [0.25, 0.3) is 0 Å². The molecule has 0 aromatic rings. The lowest BCUT2D eigenvalue weighted by Gasteiger charge is -2.04. The largest absolute Gasteiger partial charge is 0.158 e. The minimum Gasteiger partial charge on any atom is -0.158 e. The third kappa shape index (κ3) is 4.98. The molecule has 0 fully saturated rings. The van der Waals surface area contributed by atoms with Crippen LogP contribution in [-0.2, 0) is 0 Å². The zero-order chi connectivity index (χ0) is 6.41. The molecule has 0 aromatic heterocycles. The first-order valence-corrected chi connectivity index (χ1v) is 5.15. The molecule has 0 aromatic carbocycles. The zero-order valence-electron chi connectivity index (χ0n) is 5.48. The predicted molar refractivity (Wildman–Crippen MR) is 46.0 cm³/mol. The van der Waals surface area contributed by atoms with E-state index in [1.807, 2.05) is 11.8 Å². The maximum Gasteiger partial charge on any atom is 0.0122 e. The molecule has 0 N–H and O–H groups in total. The first-order chi connectivity index (χ1) is 3.81. The molecule has 1 unspecified atom stereocenters. The Balaban J connectivity index is 2.86. The Morgan fingerprint density at radius 1 is 1.62 bits per heavy atom. The molecule has 0 aliphatic heterocycles. The van der Waals surface area contributed by atoms with Gasteiger partial charge in [-0.25, -0.2) is 0 Å². The standard InChI is InChI=1S/C6H13BrS/c1-3-6(2)8-5-4-7/h6H,3-5H2,1-2H3. The lowest BCUT2D eigenvalue weighted by molar-refractivity contribution is 0.906. The fourth-order valence-corrected chi connectivity index (χ4v) is 1.65. The maximum absolute atomic E-state index is 3.39. The van der Waals surface area contributed by atoms with Gasteiger partial charge in [-0.05, 0) is 6.42 Å². The number of thioether (sulfide) groups is 1. The van der Waals surface area contributed by atoms with Crippen molar-refractivity contribution >= 4 is 27.7 Å². The van der Waals surface area contributed by atoms with Gasteiger partial charge in [0, 0.05) is 16.3 Å². The van der Waals surface area contributed by atoms with E-state index in [0.29, 0.717) is 0 Å². The molecule has 0 saturated carbocycles. The van der Waals surface area contributed by atoms with Crippen LogP contribution in [0.2, 0.25) is 0 Å². The number of rotatable bonds is 4. The van der Waals surface area contributed by atoms with Gasteiger partial charge in [0.05, 0.1) is 0 Å². The van der Waals surface area contributed by atoms with Crippen LogP contribution in [0.15, 0.2) is 0 Å². The summed E-state index contributed by atoms with van der Waals surface area (Å²) in [6, 6.07) is 0. The fourth-order valence-electron chi connectivity index (χ4n) is 0.364. The molecular formula is C6H13BrS. The first-order valence-electron chi connectivity index (χ1n) is 2.98. The molecule has 0 amide bonds. The quantitative estimate of drug-likeness (QED) is 0.624. The van der Waals surface area contributed by atoms with Gasteiger partial charge in [0.1, 0.15) is 0 Å². The second kappa shape index (κ2) is 5.96. The van der Waals surface area contributed by atoms with Gasteiger partial charge in [0.15, 0.2) is 0 Å². The normalized spacial score (nSPS) is 13.9. The topological polar surface area (TPSA) is 0 Å². The minimum absolute atomic E-state index is 0.840. The molecule has 0 heterocycles. The third-order valence-electron chi connectivity index (χ3n) is 1.05. The van der Waals surface area contributed by atoms with Crippen molar-refractivity contribution in [2.45, 2.75) is 25.5 Å². The van der Waals surface area contributed by atoms with Crippen LogP contribution >= 0.6 is 27.7 Å². The summed E-state index contributed by atoms with van der Waals surface area (Å²) in [4.78, 5) is 0. The Morgan fingerprint density at radius 2 is 2.25 bits per heavy atom. The van der Waals surface area contributed by atoms with E-state index in [4.69, 9.17) is 0 Å². The highest BCUT2D eigenvalue weighted by Gasteiger charge is 1.95. The van der Waals surface area contributed by atoms with E-state index in [-0.39, 0.29) is 0 Å². The second-order valence-corrected chi connectivity index (χ2v) is 4.12. The Hall–Kier alpha value is 0.830. The van der Waals surface area contributed by atoms with Crippen molar-refractivity contribution in [2.24, 2.45) is 0 Å². The van der Waals surface area contributed by atoms with Crippen LogP contribution in [0, 0.1) is 0 Å². The molecule has 0 radical (unpaired) electrons. The van der Waals surface area contributed by atoms with Crippen LogP contribution in [0.1, 0.15) is 20.3 Å². The molecule has 50 valence electrons. The average molecular weight is 197 g/mol. The average Bonchev–Trinajstić information content (AvgIpc) is 1.83. The van der Waals surface area contributed by atoms with Gasteiger partial charge >= 0.3 is 0 Å². The van der Waals surface area contributed by atoms with Crippen molar-refractivity contribution < 1.29 is 0 Å². The molecule has 0 aliphatic rings. The minimum atomic E-state index is 0.840. The van der Waals surface area contributed by atoms with Crippen LogP contribution in [-0.4, -0.2) is 16.3 Å². The molecule has 0 aliphatic carbocycles. The summed E-state index contributed by atoms with van der Waals surface area (Å²) >= 11 is 5.42. The molecule has 0 saturated heterocycles. The van der Waals surface area contributed by atoms with E-state index in [9.17, 15) is 0 Å². The van der Waals surface area contributed by atoms with Crippen LogP contribution in [0.25, 0.3) is 0 Å². The van der Waals surface area contributed by atoms with Crippen molar-refractivity contribution in [3.63, 3.8) is 0 Å². The Bertz CT molecular complexity index is 47.8. The van der Waals surface area contributed by atoms with Gasteiger partial charge in [-0.2, -0.15) is 11.8 Å². The molecule has 0 spiro atoms. The van der Waals surface area contributed by atoms with E-state index in [0.717, 1.165) is 10.6 Å². The number of alkyl halides is 1. The van der Waals surface area contributed by atoms with Gasteiger partial charge in [-0.15, -0.1) is 0 Å². The molecule has 2 heteroatoms. The summed E-state index contributed by atoms with van der Waals surface area (Å²) < 4.78 is 0. The summed E-state index contributed by atoms with van der Waals surface area (Å²) in [7, 11) is 0. The SMILES string of the molecule is CCC(C)SCCBr. The predicted octanol–water partition coefficient (Wildman–Crippen LogP) is 2.91. The van der Waals surface area contributed by atoms with E-state index >= 15 is 0 Å². The van der Waals surface area contributed by atoms with Gasteiger partial charge in [-0.1, -0.05) is 29.8 Å². The first kappa shape index (κ1) is 8.83. The monoisotopic (exact) mass is 196 g/mol. The number of halogens is 1. The lowest BCUT2D eigenvalue weighted by Crippen LogP contribution is -1.94. The summed E-state index contributed by atoms with van der Waals surface area (Å²) in [5, 5.41) is 1.97. The van der Waals surface area contributed by atoms with Crippen LogP contribution in [0.5, 0.6) is 0 Å². The van der Waals surface area contributed by atoms with Crippen molar-refractivity contribution in [3.8, 4) is 0 Å². The van der Waals surface area contributed by atoms with E-state index in [1.54, 1.807) is 0 Å². The summed E-state index contributed by atoms with van der Waals surface area (Å²) in [5.41, 5.74) is 0. The van der Waals surface area contributed by atoms with Crippen molar-refractivity contribution in [1.29, 1.82) is 0 Å². The molecule has 0 rings (SSSR count). The lowest BCUT2D eigenvalue weighted by atomic mass is 10.4. The fraction of sp³-hybridized carbons (Fsp3) is 1.00. The molecular weight excluding hydrogens is 184 g/mol. The Morgan fingerprint density at radius 3 is 2.62 bits per heavy atom. The summed E-state index contributed by atoms with van der Waals surface area (Å²) in [6.45, 7) is 4.50. The molecule has 8 heavy (non-hydrogen) atoms. The van der Waals surface area contributed by atoms with Crippen molar-refractivity contribution in [1.82, 2.24) is 0 Å². The number of hydrogen-bond acceptors (Lipinski definition) is 1. The summed E-state index contributed by atoms with van der Waals surface area (Å²) in [5.74, 6) is 1.25. The highest BCUT2D eigenvalue weighted by molar-refractivity contribution is 9.09. The van der Waals surface area contributed by atoms with Crippen molar-refractivity contribution in [3.05, 3.63) is 0 Å². The third-order valence-corrected chi connectivity index (χ3v) is 3.32. The molecule has 1 atom stereocenters. The summed E-state index contributed by atoms with van der Waals surface area (Å²) in [6.07, 6.45) is 1.29. The van der Waals surface area contributed by atoms with E-state index in [2.05, 4.69) is 29.8 Å². The van der Waals surface area contributed by atoms with Crippen LogP contribution in [0.3, 0.4) is 0 Å². The Kier molecular flexibility index (Phi) is 6.58. The van der Waals surface area contributed by atoms with Crippen LogP contribution < -0.4 is 0 Å². The maximum atomic E-state index is 3.39. The van der Waals surface area contributed by atoms with Gasteiger partial charge < -0.3 is 0 Å². The highest BCUT2D eigenvalue weighted by Crippen LogP contribution is 2.13. The van der Waals surface area contributed by atoms with E-state index in [1.165, 1.54) is 12.2 Å². The second-order valence-electron chi connectivity index (χ2n) is 1.78. The smallest absolute Gasteiger partial charge is 0.0122 e. The highest BCUT2D eigenvalue weighted by atomic mass is 79.9. The van der Waals surface area contributed by atoms with Gasteiger partial charge in [0.2, 0.25) is 0 Å².